The van der Waals surface area contributed by atoms with E-state index in [2.05, 4.69) is 32.2 Å². The van der Waals surface area contributed by atoms with Crippen LogP contribution < -0.4 is 14.8 Å². The highest BCUT2D eigenvalue weighted by molar-refractivity contribution is 5.58. The van der Waals surface area contributed by atoms with Crippen LogP contribution in [0.2, 0.25) is 0 Å². The number of ether oxygens (including phenoxy) is 2. The summed E-state index contributed by atoms with van der Waals surface area (Å²) in [6.07, 6.45) is 3.24. The van der Waals surface area contributed by atoms with Gasteiger partial charge in [0.15, 0.2) is 11.5 Å². The summed E-state index contributed by atoms with van der Waals surface area (Å²) in [6, 6.07) is 6.49. The van der Waals surface area contributed by atoms with Gasteiger partial charge in [0.05, 0.1) is 14.2 Å². The number of methoxy groups -OCH3 is 2. The molecule has 3 heteroatoms. The summed E-state index contributed by atoms with van der Waals surface area (Å²) in [6.45, 7) is 7.41. The highest BCUT2D eigenvalue weighted by Crippen LogP contribution is 2.28. The second kappa shape index (κ2) is 7.85. The maximum atomic E-state index is 5.32. The first kappa shape index (κ1) is 15.6. The van der Waals surface area contributed by atoms with Gasteiger partial charge in [0, 0.05) is 12.6 Å². The molecule has 0 heterocycles. The molecule has 0 radical (unpaired) electrons. The topological polar surface area (TPSA) is 30.5 Å². The van der Waals surface area contributed by atoms with E-state index in [-0.39, 0.29) is 0 Å². The largest absolute Gasteiger partial charge is 0.493 e. The third-order valence-electron chi connectivity index (χ3n) is 2.97. The molecule has 0 saturated heterocycles. The first-order valence-electron chi connectivity index (χ1n) is 6.75. The lowest BCUT2D eigenvalue weighted by molar-refractivity contribution is 0.355. The molecule has 0 amide bonds. The molecule has 0 aliphatic rings. The Morgan fingerprint density at radius 2 is 1.89 bits per heavy atom. The molecule has 0 spiro atoms. The standard InChI is InChI=1S/C16H25NO2/c1-6-13(11-17-12(2)3)9-14-7-8-15(18-4)16(10-14)19-5/h7-10,12,17H,6,11H2,1-5H3. The van der Waals surface area contributed by atoms with Crippen molar-refractivity contribution < 1.29 is 9.47 Å². The Balaban J connectivity index is 2.88. The van der Waals surface area contributed by atoms with Gasteiger partial charge in [0.2, 0.25) is 0 Å². The first-order chi connectivity index (χ1) is 9.10. The lowest BCUT2D eigenvalue weighted by Gasteiger charge is -2.11. The van der Waals surface area contributed by atoms with Crippen LogP contribution in [0.5, 0.6) is 11.5 Å². The van der Waals surface area contributed by atoms with Crippen molar-refractivity contribution in [1.29, 1.82) is 0 Å². The predicted octanol–water partition coefficient (Wildman–Crippen LogP) is 3.50. The molecule has 0 aromatic heterocycles. The minimum Gasteiger partial charge on any atom is -0.493 e. The Morgan fingerprint density at radius 3 is 2.42 bits per heavy atom. The van der Waals surface area contributed by atoms with E-state index >= 15 is 0 Å². The average molecular weight is 263 g/mol. The third kappa shape index (κ3) is 4.95. The number of benzene rings is 1. The van der Waals surface area contributed by atoms with Crippen molar-refractivity contribution in [3.8, 4) is 11.5 Å². The van der Waals surface area contributed by atoms with Crippen LogP contribution in [0.15, 0.2) is 23.8 Å². The van der Waals surface area contributed by atoms with Crippen molar-refractivity contribution in [3.05, 3.63) is 29.3 Å². The summed E-state index contributed by atoms with van der Waals surface area (Å²) in [5.74, 6) is 1.53. The van der Waals surface area contributed by atoms with Gasteiger partial charge in [0.1, 0.15) is 0 Å². The molecule has 1 rings (SSSR count). The number of hydrogen-bond acceptors (Lipinski definition) is 3. The highest BCUT2D eigenvalue weighted by atomic mass is 16.5. The van der Waals surface area contributed by atoms with E-state index in [1.807, 2.05) is 18.2 Å². The van der Waals surface area contributed by atoms with Gasteiger partial charge in [-0.15, -0.1) is 0 Å². The Bertz CT molecular complexity index is 425. The zero-order valence-electron chi connectivity index (χ0n) is 12.6. The number of nitrogens with one attached hydrogen (secondary N) is 1. The first-order valence-corrected chi connectivity index (χ1v) is 6.75. The van der Waals surface area contributed by atoms with Crippen LogP contribution in [0.4, 0.5) is 0 Å². The summed E-state index contributed by atoms with van der Waals surface area (Å²) in [7, 11) is 3.31. The van der Waals surface area contributed by atoms with Gasteiger partial charge in [-0.1, -0.05) is 38.5 Å². The molecule has 106 valence electrons. The fourth-order valence-electron chi connectivity index (χ4n) is 1.79. The van der Waals surface area contributed by atoms with Crippen LogP contribution in [0.3, 0.4) is 0 Å². The molecule has 0 aliphatic heterocycles. The molecule has 0 unspecified atom stereocenters. The van der Waals surface area contributed by atoms with Crippen molar-refractivity contribution in [2.75, 3.05) is 20.8 Å². The van der Waals surface area contributed by atoms with Crippen LogP contribution in [0, 0.1) is 0 Å². The van der Waals surface area contributed by atoms with E-state index in [0.717, 1.165) is 30.0 Å². The second-order valence-electron chi connectivity index (χ2n) is 4.81. The molecule has 3 nitrogen and oxygen atoms in total. The Hall–Kier alpha value is -1.48. The number of rotatable bonds is 7. The molecule has 0 fully saturated rings. The Kier molecular flexibility index (Phi) is 6.43. The second-order valence-corrected chi connectivity index (χ2v) is 4.81. The zero-order valence-corrected chi connectivity index (χ0v) is 12.6. The fraction of sp³-hybridized carbons (Fsp3) is 0.500. The highest BCUT2D eigenvalue weighted by Gasteiger charge is 2.04. The van der Waals surface area contributed by atoms with Crippen LogP contribution in [-0.2, 0) is 0 Å². The van der Waals surface area contributed by atoms with Gasteiger partial charge >= 0.3 is 0 Å². The predicted molar refractivity (Wildman–Crippen MR) is 81.0 cm³/mol. The molecule has 1 N–H and O–H groups in total. The van der Waals surface area contributed by atoms with Gasteiger partial charge in [-0.2, -0.15) is 0 Å². The van der Waals surface area contributed by atoms with Crippen molar-refractivity contribution in [2.24, 2.45) is 0 Å². The zero-order chi connectivity index (χ0) is 14.3. The van der Waals surface area contributed by atoms with Gasteiger partial charge in [0.25, 0.3) is 0 Å². The van der Waals surface area contributed by atoms with E-state index < -0.39 is 0 Å². The molecule has 19 heavy (non-hydrogen) atoms. The summed E-state index contributed by atoms with van der Waals surface area (Å²) in [4.78, 5) is 0. The lowest BCUT2D eigenvalue weighted by Crippen LogP contribution is -2.24. The summed E-state index contributed by atoms with van der Waals surface area (Å²) < 4.78 is 10.6. The Morgan fingerprint density at radius 1 is 1.21 bits per heavy atom. The smallest absolute Gasteiger partial charge is 0.161 e. The minimum absolute atomic E-state index is 0.500. The van der Waals surface area contributed by atoms with Crippen molar-refractivity contribution >= 4 is 6.08 Å². The maximum absolute atomic E-state index is 5.32. The van der Waals surface area contributed by atoms with E-state index in [0.29, 0.717) is 6.04 Å². The maximum Gasteiger partial charge on any atom is 0.161 e. The van der Waals surface area contributed by atoms with Crippen LogP contribution >= 0.6 is 0 Å². The third-order valence-corrected chi connectivity index (χ3v) is 2.97. The summed E-state index contributed by atoms with van der Waals surface area (Å²) in [5, 5.41) is 3.44. The molecule has 0 saturated carbocycles. The molecule has 0 bridgehead atoms. The van der Waals surface area contributed by atoms with Crippen molar-refractivity contribution in [1.82, 2.24) is 5.32 Å². The molecular formula is C16H25NO2. The SMILES string of the molecule is CCC(=Cc1ccc(OC)c(OC)c1)CNC(C)C. The van der Waals surface area contributed by atoms with Crippen LogP contribution in [0.1, 0.15) is 32.8 Å². The van der Waals surface area contributed by atoms with Gasteiger partial charge in [-0.3, -0.25) is 0 Å². The van der Waals surface area contributed by atoms with E-state index in [4.69, 9.17) is 9.47 Å². The van der Waals surface area contributed by atoms with E-state index in [1.165, 1.54) is 5.57 Å². The molecular weight excluding hydrogens is 238 g/mol. The van der Waals surface area contributed by atoms with Crippen molar-refractivity contribution in [3.63, 3.8) is 0 Å². The molecule has 0 atom stereocenters. The Labute approximate surface area is 116 Å². The lowest BCUT2D eigenvalue weighted by atomic mass is 10.1. The average Bonchev–Trinajstić information content (AvgIpc) is 2.42. The number of hydrogen-bond donors (Lipinski definition) is 1. The van der Waals surface area contributed by atoms with Crippen LogP contribution in [-0.4, -0.2) is 26.8 Å². The van der Waals surface area contributed by atoms with Crippen LogP contribution in [0.25, 0.3) is 6.08 Å². The van der Waals surface area contributed by atoms with Gasteiger partial charge in [-0.05, 0) is 24.1 Å². The summed E-state index contributed by atoms with van der Waals surface area (Å²) >= 11 is 0. The summed E-state index contributed by atoms with van der Waals surface area (Å²) in [5.41, 5.74) is 2.51. The van der Waals surface area contributed by atoms with E-state index in [1.54, 1.807) is 14.2 Å². The normalized spacial score (nSPS) is 11.8. The molecule has 0 aliphatic carbocycles. The molecule has 1 aromatic rings. The van der Waals surface area contributed by atoms with Gasteiger partial charge in [-0.25, -0.2) is 0 Å². The van der Waals surface area contributed by atoms with E-state index in [9.17, 15) is 0 Å². The molecule has 1 aromatic carbocycles. The fourth-order valence-corrected chi connectivity index (χ4v) is 1.79. The monoisotopic (exact) mass is 263 g/mol. The quantitative estimate of drug-likeness (QED) is 0.816. The van der Waals surface area contributed by atoms with Crippen molar-refractivity contribution in [2.45, 2.75) is 33.2 Å². The van der Waals surface area contributed by atoms with Gasteiger partial charge < -0.3 is 14.8 Å². The minimum atomic E-state index is 0.500.